The molecule has 1 rings (SSSR count). The van der Waals surface area contributed by atoms with E-state index < -0.39 is 4.92 Å². The summed E-state index contributed by atoms with van der Waals surface area (Å²) in [5.74, 6) is 0.289. The normalized spacial score (nSPS) is 11.3. The standard InChI is InChI=1S/C12H20N4O2/c1-4-12(13,5-2)8-15-11-10(16(17)18)9(3)6-7-14-11/h6-7H,4-5,8,13H2,1-3H3,(H,14,15). The van der Waals surface area contributed by atoms with Crippen LogP contribution in [0.3, 0.4) is 0 Å². The molecule has 18 heavy (non-hydrogen) atoms. The molecule has 0 aliphatic rings. The number of aromatic nitrogens is 1. The molecule has 0 aliphatic carbocycles. The second-order valence-electron chi connectivity index (χ2n) is 4.51. The minimum absolute atomic E-state index is 0.0204. The van der Waals surface area contributed by atoms with Gasteiger partial charge in [-0.05, 0) is 25.8 Å². The molecule has 6 nitrogen and oxygen atoms in total. The molecule has 1 aromatic heterocycles. The molecule has 0 aliphatic heterocycles. The Balaban J connectivity index is 2.92. The van der Waals surface area contributed by atoms with Gasteiger partial charge in [0.1, 0.15) is 0 Å². The summed E-state index contributed by atoms with van der Waals surface area (Å²) in [5.41, 5.74) is 6.40. The van der Waals surface area contributed by atoms with Gasteiger partial charge in [0.25, 0.3) is 0 Å². The molecule has 1 aromatic rings. The van der Waals surface area contributed by atoms with Gasteiger partial charge in [-0.15, -0.1) is 0 Å². The monoisotopic (exact) mass is 252 g/mol. The Morgan fingerprint density at radius 1 is 1.50 bits per heavy atom. The van der Waals surface area contributed by atoms with Gasteiger partial charge < -0.3 is 11.1 Å². The molecule has 0 aromatic carbocycles. The lowest BCUT2D eigenvalue weighted by Gasteiger charge is -2.27. The van der Waals surface area contributed by atoms with E-state index in [9.17, 15) is 10.1 Å². The van der Waals surface area contributed by atoms with Crippen LogP contribution < -0.4 is 11.1 Å². The van der Waals surface area contributed by atoms with E-state index in [0.717, 1.165) is 12.8 Å². The van der Waals surface area contributed by atoms with Crippen LogP contribution in [0.15, 0.2) is 12.3 Å². The second kappa shape index (κ2) is 5.77. The zero-order chi connectivity index (χ0) is 13.8. The maximum absolute atomic E-state index is 11.0. The Hall–Kier alpha value is -1.69. The molecule has 0 fully saturated rings. The highest BCUT2D eigenvalue weighted by Crippen LogP contribution is 2.26. The van der Waals surface area contributed by atoms with Crippen LogP contribution in [0.5, 0.6) is 0 Å². The summed E-state index contributed by atoms with van der Waals surface area (Å²) in [6.07, 6.45) is 3.16. The molecule has 100 valence electrons. The van der Waals surface area contributed by atoms with Crippen molar-refractivity contribution in [3.05, 3.63) is 27.9 Å². The topological polar surface area (TPSA) is 94.1 Å². The van der Waals surface area contributed by atoms with Gasteiger partial charge in [0.15, 0.2) is 0 Å². The lowest BCUT2D eigenvalue weighted by atomic mass is 9.94. The fraction of sp³-hybridized carbons (Fsp3) is 0.583. The minimum atomic E-state index is -0.416. The van der Waals surface area contributed by atoms with Gasteiger partial charge >= 0.3 is 5.69 Å². The third-order valence-corrected chi connectivity index (χ3v) is 3.32. The minimum Gasteiger partial charge on any atom is -0.362 e. The first-order valence-corrected chi connectivity index (χ1v) is 6.06. The maximum Gasteiger partial charge on any atom is 0.314 e. The molecule has 0 unspecified atom stereocenters. The number of anilines is 1. The average molecular weight is 252 g/mol. The van der Waals surface area contributed by atoms with Gasteiger partial charge in [0.2, 0.25) is 5.82 Å². The Bertz CT molecular complexity index is 430. The Morgan fingerprint density at radius 3 is 2.61 bits per heavy atom. The highest BCUT2D eigenvalue weighted by Gasteiger charge is 2.23. The summed E-state index contributed by atoms with van der Waals surface area (Å²) >= 11 is 0. The molecule has 0 atom stereocenters. The first kappa shape index (κ1) is 14.4. The number of hydrogen-bond acceptors (Lipinski definition) is 5. The predicted molar refractivity (Wildman–Crippen MR) is 71.6 cm³/mol. The molecule has 1 heterocycles. The molecule has 0 saturated carbocycles. The van der Waals surface area contributed by atoms with Gasteiger partial charge in [0.05, 0.1) is 4.92 Å². The van der Waals surface area contributed by atoms with E-state index >= 15 is 0 Å². The third-order valence-electron chi connectivity index (χ3n) is 3.32. The quantitative estimate of drug-likeness (QED) is 0.598. The van der Waals surface area contributed by atoms with Gasteiger partial charge in [-0.2, -0.15) is 0 Å². The van der Waals surface area contributed by atoms with Crippen LogP contribution in [0, 0.1) is 17.0 Å². The van der Waals surface area contributed by atoms with Crippen LogP contribution in [0.1, 0.15) is 32.3 Å². The van der Waals surface area contributed by atoms with Gasteiger partial charge in [-0.25, -0.2) is 4.98 Å². The number of hydrogen-bond donors (Lipinski definition) is 2. The summed E-state index contributed by atoms with van der Waals surface area (Å²) in [6, 6.07) is 1.62. The van der Waals surface area contributed by atoms with Gasteiger partial charge in [0, 0.05) is 23.8 Å². The zero-order valence-electron chi connectivity index (χ0n) is 11.1. The number of rotatable bonds is 6. The van der Waals surface area contributed by atoms with Crippen molar-refractivity contribution in [3.63, 3.8) is 0 Å². The molecular weight excluding hydrogens is 232 g/mol. The van der Waals surface area contributed by atoms with Crippen LogP contribution in [0.25, 0.3) is 0 Å². The van der Waals surface area contributed by atoms with Crippen molar-refractivity contribution >= 4 is 11.5 Å². The number of nitro groups is 1. The van der Waals surface area contributed by atoms with E-state index in [2.05, 4.69) is 10.3 Å². The summed E-state index contributed by atoms with van der Waals surface area (Å²) in [4.78, 5) is 14.6. The largest absolute Gasteiger partial charge is 0.362 e. The summed E-state index contributed by atoms with van der Waals surface area (Å²) < 4.78 is 0. The van der Waals surface area contributed by atoms with Crippen molar-refractivity contribution in [1.82, 2.24) is 4.98 Å². The highest BCUT2D eigenvalue weighted by atomic mass is 16.6. The summed E-state index contributed by atoms with van der Waals surface area (Å²) in [5, 5.41) is 14.0. The highest BCUT2D eigenvalue weighted by molar-refractivity contribution is 5.59. The second-order valence-corrected chi connectivity index (χ2v) is 4.51. The predicted octanol–water partition coefficient (Wildman–Crippen LogP) is 2.23. The van der Waals surface area contributed by atoms with E-state index in [1.54, 1.807) is 19.2 Å². The molecule has 6 heteroatoms. The Labute approximate surface area is 107 Å². The lowest BCUT2D eigenvalue weighted by Crippen LogP contribution is -2.45. The van der Waals surface area contributed by atoms with Crippen molar-refractivity contribution in [1.29, 1.82) is 0 Å². The van der Waals surface area contributed by atoms with Crippen LogP contribution >= 0.6 is 0 Å². The molecule has 3 N–H and O–H groups in total. The molecule has 0 radical (unpaired) electrons. The zero-order valence-corrected chi connectivity index (χ0v) is 11.1. The van der Waals surface area contributed by atoms with Crippen LogP contribution in [0.4, 0.5) is 11.5 Å². The molecule has 0 saturated heterocycles. The van der Waals surface area contributed by atoms with E-state index in [4.69, 9.17) is 5.73 Å². The Kier molecular flexibility index (Phi) is 4.61. The van der Waals surface area contributed by atoms with Crippen molar-refractivity contribution in [2.45, 2.75) is 39.2 Å². The van der Waals surface area contributed by atoms with E-state index in [-0.39, 0.29) is 17.0 Å². The van der Waals surface area contributed by atoms with E-state index in [1.165, 1.54) is 0 Å². The number of aryl methyl sites for hydroxylation is 1. The summed E-state index contributed by atoms with van der Waals surface area (Å²) in [6.45, 7) is 6.17. The smallest absolute Gasteiger partial charge is 0.314 e. The third kappa shape index (κ3) is 3.16. The fourth-order valence-corrected chi connectivity index (χ4v) is 1.67. The van der Waals surface area contributed by atoms with Crippen LogP contribution in [0.2, 0.25) is 0 Å². The van der Waals surface area contributed by atoms with Crippen LogP contribution in [-0.4, -0.2) is 22.0 Å². The van der Waals surface area contributed by atoms with E-state index in [0.29, 0.717) is 12.1 Å². The number of nitrogens with two attached hydrogens (primary N) is 1. The molecule has 0 spiro atoms. The maximum atomic E-state index is 11.0. The van der Waals surface area contributed by atoms with Gasteiger partial charge in [-0.3, -0.25) is 10.1 Å². The number of nitrogens with zero attached hydrogens (tertiary/aromatic N) is 2. The molecule has 0 amide bonds. The van der Waals surface area contributed by atoms with Crippen molar-refractivity contribution < 1.29 is 4.92 Å². The van der Waals surface area contributed by atoms with Crippen molar-refractivity contribution in [2.24, 2.45) is 5.73 Å². The van der Waals surface area contributed by atoms with Gasteiger partial charge in [-0.1, -0.05) is 13.8 Å². The summed E-state index contributed by atoms with van der Waals surface area (Å²) in [7, 11) is 0. The average Bonchev–Trinajstić information content (AvgIpc) is 2.35. The number of nitrogens with one attached hydrogen (secondary N) is 1. The molecular formula is C12H20N4O2. The Morgan fingerprint density at radius 2 is 2.11 bits per heavy atom. The lowest BCUT2D eigenvalue weighted by molar-refractivity contribution is -0.384. The fourth-order valence-electron chi connectivity index (χ4n) is 1.67. The SMILES string of the molecule is CCC(N)(CC)CNc1nccc(C)c1[N+](=O)[O-]. The van der Waals surface area contributed by atoms with E-state index in [1.807, 2.05) is 13.8 Å². The van der Waals surface area contributed by atoms with Crippen molar-refractivity contribution in [3.8, 4) is 0 Å². The van der Waals surface area contributed by atoms with Crippen LogP contribution in [-0.2, 0) is 0 Å². The first-order chi connectivity index (χ1) is 8.43. The first-order valence-electron chi connectivity index (χ1n) is 6.06. The van der Waals surface area contributed by atoms with Crippen molar-refractivity contribution in [2.75, 3.05) is 11.9 Å². The number of pyridine rings is 1. The molecule has 0 bridgehead atoms.